The number of benzene rings is 1. The molecule has 5 heteroatoms. The molecule has 0 unspecified atom stereocenters. The number of hydrogen-bond acceptors (Lipinski definition) is 3. The van der Waals surface area contributed by atoms with E-state index in [9.17, 15) is 0 Å². The zero-order valence-corrected chi connectivity index (χ0v) is 12.7. The maximum atomic E-state index is 6.07. The molecule has 1 aromatic carbocycles. The van der Waals surface area contributed by atoms with E-state index in [0.29, 0.717) is 0 Å². The highest BCUT2D eigenvalue weighted by molar-refractivity contribution is 14.1. The van der Waals surface area contributed by atoms with E-state index in [4.69, 9.17) is 5.73 Å². The Morgan fingerprint density at radius 1 is 1.44 bits per heavy atom. The molecule has 0 saturated carbocycles. The summed E-state index contributed by atoms with van der Waals surface area (Å²) >= 11 is 2.29. The highest BCUT2D eigenvalue weighted by atomic mass is 127. The Morgan fingerprint density at radius 2 is 2.22 bits per heavy atom. The van der Waals surface area contributed by atoms with E-state index in [-0.39, 0.29) is 0 Å². The zero-order valence-electron chi connectivity index (χ0n) is 10.6. The summed E-state index contributed by atoms with van der Waals surface area (Å²) < 4.78 is 3.12. The third-order valence-corrected chi connectivity index (χ3v) is 3.37. The fourth-order valence-electron chi connectivity index (χ4n) is 1.80. The fourth-order valence-corrected chi connectivity index (χ4v) is 2.35. The molecule has 3 N–H and O–H groups in total. The van der Waals surface area contributed by atoms with Crippen LogP contribution in [0.1, 0.15) is 19.0 Å². The van der Waals surface area contributed by atoms with Crippen LogP contribution in [0.5, 0.6) is 0 Å². The van der Waals surface area contributed by atoms with Crippen molar-refractivity contribution in [3.05, 3.63) is 33.5 Å². The van der Waals surface area contributed by atoms with Gasteiger partial charge in [-0.1, -0.05) is 13.0 Å². The zero-order chi connectivity index (χ0) is 13.1. The highest BCUT2D eigenvalue weighted by Gasteiger charge is 2.12. The smallest absolute Gasteiger partial charge is 0.152 e. The second-order valence-corrected chi connectivity index (χ2v) is 5.45. The molecule has 0 radical (unpaired) electrons. The molecule has 0 aliphatic heterocycles. The van der Waals surface area contributed by atoms with Gasteiger partial charge in [-0.05, 0) is 54.1 Å². The number of halogens is 1. The topological polar surface area (TPSA) is 55.9 Å². The molecular formula is C13H17IN4. The number of nitrogens with one attached hydrogen (secondary N) is 1. The molecule has 0 spiro atoms. The molecular weight excluding hydrogens is 339 g/mol. The van der Waals surface area contributed by atoms with Gasteiger partial charge in [-0.25, -0.2) is 4.68 Å². The number of nitrogen functional groups attached to an aromatic ring is 1. The van der Waals surface area contributed by atoms with Crippen LogP contribution < -0.4 is 11.1 Å². The summed E-state index contributed by atoms with van der Waals surface area (Å²) in [4.78, 5) is 0. The fraction of sp³-hybridized carbons (Fsp3) is 0.308. The summed E-state index contributed by atoms with van der Waals surface area (Å²) in [6, 6.07) is 8.19. The molecule has 1 aromatic heterocycles. The third-order valence-electron chi connectivity index (χ3n) is 2.70. The van der Waals surface area contributed by atoms with Crippen molar-refractivity contribution in [2.75, 3.05) is 11.1 Å². The Bertz CT molecular complexity index is 548. The predicted molar refractivity (Wildman–Crippen MR) is 84.1 cm³/mol. The number of aryl methyl sites for hydroxylation is 2. The lowest BCUT2D eigenvalue weighted by Gasteiger charge is -2.10. The first-order valence-corrected chi connectivity index (χ1v) is 7.05. The van der Waals surface area contributed by atoms with Gasteiger partial charge in [0.05, 0.1) is 11.4 Å². The van der Waals surface area contributed by atoms with Gasteiger partial charge in [0.25, 0.3) is 0 Å². The van der Waals surface area contributed by atoms with Gasteiger partial charge in [0.1, 0.15) is 0 Å². The molecule has 1 heterocycles. The minimum absolute atomic E-state index is 0.724. The van der Waals surface area contributed by atoms with E-state index < -0.39 is 0 Å². The Hall–Kier alpha value is -1.24. The van der Waals surface area contributed by atoms with E-state index in [0.717, 1.165) is 35.9 Å². The Morgan fingerprint density at radius 3 is 2.89 bits per heavy atom. The SMILES string of the molecule is CCCn1nc(C)c(N)c1Nc1cccc(I)c1. The summed E-state index contributed by atoms with van der Waals surface area (Å²) in [6.45, 7) is 4.92. The van der Waals surface area contributed by atoms with Crippen molar-refractivity contribution in [2.24, 2.45) is 0 Å². The third kappa shape index (κ3) is 2.77. The average molecular weight is 356 g/mol. The van der Waals surface area contributed by atoms with Crippen molar-refractivity contribution in [3.63, 3.8) is 0 Å². The standard InChI is InChI=1S/C13H17IN4/c1-3-7-18-13(12(15)9(2)17-18)16-11-6-4-5-10(14)8-11/h4-6,8,16H,3,7,15H2,1-2H3. The number of nitrogens with zero attached hydrogens (tertiary/aromatic N) is 2. The van der Waals surface area contributed by atoms with E-state index >= 15 is 0 Å². The molecule has 0 amide bonds. The first-order valence-electron chi connectivity index (χ1n) is 5.97. The lowest BCUT2D eigenvalue weighted by molar-refractivity contribution is 0.605. The van der Waals surface area contributed by atoms with Crippen LogP contribution in [0.3, 0.4) is 0 Å². The Labute approximate surface area is 121 Å². The van der Waals surface area contributed by atoms with Gasteiger partial charge < -0.3 is 11.1 Å². The molecule has 0 atom stereocenters. The van der Waals surface area contributed by atoms with E-state index in [1.807, 2.05) is 23.7 Å². The van der Waals surface area contributed by atoms with Gasteiger partial charge in [0.2, 0.25) is 0 Å². The van der Waals surface area contributed by atoms with Crippen LogP contribution in [-0.2, 0) is 6.54 Å². The van der Waals surface area contributed by atoms with Gasteiger partial charge in [0, 0.05) is 15.8 Å². The average Bonchev–Trinajstić information content (AvgIpc) is 2.58. The molecule has 0 bridgehead atoms. The molecule has 2 rings (SSSR count). The predicted octanol–water partition coefficient (Wildman–Crippen LogP) is 3.53. The maximum Gasteiger partial charge on any atom is 0.152 e. The van der Waals surface area contributed by atoms with Crippen molar-refractivity contribution < 1.29 is 0 Å². The number of nitrogens with two attached hydrogens (primary N) is 1. The van der Waals surface area contributed by atoms with Crippen LogP contribution in [0.4, 0.5) is 17.2 Å². The van der Waals surface area contributed by atoms with Crippen LogP contribution >= 0.6 is 22.6 Å². The maximum absolute atomic E-state index is 6.07. The summed E-state index contributed by atoms with van der Waals surface area (Å²) in [5.41, 5.74) is 8.70. The van der Waals surface area contributed by atoms with Crippen molar-refractivity contribution in [3.8, 4) is 0 Å². The summed E-state index contributed by atoms with van der Waals surface area (Å²) in [6.07, 6.45) is 1.03. The first-order chi connectivity index (χ1) is 8.61. The minimum atomic E-state index is 0.724. The second-order valence-electron chi connectivity index (χ2n) is 4.21. The molecule has 96 valence electrons. The van der Waals surface area contributed by atoms with Crippen molar-refractivity contribution in [1.29, 1.82) is 0 Å². The number of aromatic nitrogens is 2. The van der Waals surface area contributed by atoms with E-state index in [1.165, 1.54) is 3.57 Å². The number of hydrogen-bond donors (Lipinski definition) is 2. The van der Waals surface area contributed by atoms with Gasteiger partial charge in [0.15, 0.2) is 5.82 Å². The van der Waals surface area contributed by atoms with Gasteiger partial charge in [-0.3, -0.25) is 0 Å². The lowest BCUT2D eigenvalue weighted by atomic mass is 10.3. The lowest BCUT2D eigenvalue weighted by Crippen LogP contribution is -2.05. The first kappa shape index (κ1) is 13.2. The summed E-state index contributed by atoms with van der Waals surface area (Å²) in [7, 11) is 0. The second kappa shape index (κ2) is 5.60. The van der Waals surface area contributed by atoms with Crippen LogP contribution in [0.25, 0.3) is 0 Å². The van der Waals surface area contributed by atoms with Gasteiger partial charge in [-0.2, -0.15) is 5.10 Å². The quantitative estimate of drug-likeness (QED) is 0.824. The van der Waals surface area contributed by atoms with Crippen molar-refractivity contribution in [1.82, 2.24) is 9.78 Å². The molecule has 4 nitrogen and oxygen atoms in total. The van der Waals surface area contributed by atoms with Crippen molar-refractivity contribution >= 4 is 39.8 Å². The largest absolute Gasteiger partial charge is 0.394 e. The molecule has 0 aliphatic carbocycles. The Balaban J connectivity index is 2.33. The number of rotatable bonds is 4. The summed E-state index contributed by atoms with van der Waals surface area (Å²) in [5, 5.41) is 7.80. The van der Waals surface area contributed by atoms with Gasteiger partial charge in [-0.15, -0.1) is 0 Å². The molecule has 0 fully saturated rings. The number of anilines is 3. The van der Waals surface area contributed by atoms with E-state index in [1.54, 1.807) is 0 Å². The minimum Gasteiger partial charge on any atom is -0.394 e. The van der Waals surface area contributed by atoms with E-state index in [2.05, 4.69) is 52.1 Å². The Kier molecular flexibility index (Phi) is 4.11. The van der Waals surface area contributed by atoms with Gasteiger partial charge >= 0.3 is 0 Å². The normalized spacial score (nSPS) is 10.6. The van der Waals surface area contributed by atoms with Crippen LogP contribution in [0.2, 0.25) is 0 Å². The highest BCUT2D eigenvalue weighted by Crippen LogP contribution is 2.26. The summed E-state index contributed by atoms with van der Waals surface area (Å²) in [5.74, 6) is 0.886. The van der Waals surface area contributed by atoms with Crippen LogP contribution in [0.15, 0.2) is 24.3 Å². The molecule has 18 heavy (non-hydrogen) atoms. The van der Waals surface area contributed by atoms with Crippen LogP contribution in [-0.4, -0.2) is 9.78 Å². The molecule has 0 saturated heterocycles. The molecule has 2 aromatic rings. The van der Waals surface area contributed by atoms with Crippen LogP contribution in [0, 0.1) is 10.5 Å². The monoisotopic (exact) mass is 356 g/mol. The molecule has 0 aliphatic rings. The van der Waals surface area contributed by atoms with Crippen molar-refractivity contribution in [2.45, 2.75) is 26.8 Å².